The Morgan fingerprint density at radius 1 is 1.21 bits per heavy atom. The molecule has 0 bridgehead atoms. The number of benzene rings is 1. The van der Waals surface area contributed by atoms with Gasteiger partial charge in [-0.2, -0.15) is 5.26 Å². The number of hydrogen-bond acceptors (Lipinski definition) is 6. The van der Waals surface area contributed by atoms with E-state index in [1.165, 1.54) is 6.33 Å². The van der Waals surface area contributed by atoms with E-state index in [0.29, 0.717) is 42.9 Å². The second-order valence-corrected chi connectivity index (χ2v) is 10.1. The van der Waals surface area contributed by atoms with Crippen molar-refractivity contribution in [3.63, 3.8) is 0 Å². The molecule has 2 aromatic heterocycles. The number of aromatic nitrogens is 3. The molecule has 1 aliphatic carbocycles. The molecule has 0 unspecified atom stereocenters. The van der Waals surface area contributed by atoms with E-state index in [4.69, 9.17) is 5.73 Å². The van der Waals surface area contributed by atoms with E-state index < -0.39 is 0 Å². The van der Waals surface area contributed by atoms with Crippen molar-refractivity contribution in [2.75, 3.05) is 17.6 Å². The monoisotopic (exact) mass is 509 g/mol. The van der Waals surface area contributed by atoms with E-state index in [1.54, 1.807) is 11.8 Å². The lowest BCUT2D eigenvalue weighted by Crippen LogP contribution is -2.39. The van der Waals surface area contributed by atoms with Crippen molar-refractivity contribution in [2.45, 2.75) is 45.1 Å². The van der Waals surface area contributed by atoms with Gasteiger partial charge in [0.1, 0.15) is 23.8 Å². The van der Waals surface area contributed by atoms with Gasteiger partial charge in [0.15, 0.2) is 0 Å². The Labute approximate surface area is 221 Å². The minimum atomic E-state index is -0.308. The summed E-state index contributed by atoms with van der Waals surface area (Å²) in [4.78, 5) is 35.8. The topological polar surface area (TPSA) is 130 Å². The van der Waals surface area contributed by atoms with Crippen molar-refractivity contribution in [1.82, 2.24) is 19.4 Å². The fraction of sp³-hybridized carbons (Fsp3) is 0.345. The molecule has 9 heteroatoms. The molecule has 0 saturated carbocycles. The maximum absolute atomic E-state index is 13.2. The second-order valence-electron chi connectivity index (χ2n) is 10.1. The summed E-state index contributed by atoms with van der Waals surface area (Å²) in [5.74, 6) is 0.136. The van der Waals surface area contributed by atoms with Gasteiger partial charge in [-0.1, -0.05) is 24.8 Å². The van der Waals surface area contributed by atoms with Crippen LogP contribution in [0.1, 0.15) is 44.6 Å². The Balaban J connectivity index is 1.51. The predicted molar refractivity (Wildman–Crippen MR) is 147 cm³/mol. The van der Waals surface area contributed by atoms with Gasteiger partial charge in [-0.05, 0) is 62.3 Å². The highest BCUT2D eigenvalue weighted by atomic mass is 16.2. The first kappa shape index (κ1) is 25.2. The van der Waals surface area contributed by atoms with E-state index in [0.717, 1.165) is 46.3 Å². The molecule has 1 aliphatic heterocycles. The van der Waals surface area contributed by atoms with Crippen LogP contribution in [-0.2, 0) is 16.6 Å². The third-order valence-electron chi connectivity index (χ3n) is 7.57. The van der Waals surface area contributed by atoms with Gasteiger partial charge < -0.3 is 20.5 Å². The summed E-state index contributed by atoms with van der Waals surface area (Å²) in [5.41, 5.74) is 12.2. The van der Waals surface area contributed by atoms with Crippen molar-refractivity contribution in [3.8, 4) is 17.3 Å². The third kappa shape index (κ3) is 4.43. The number of aryl methyl sites for hydroxylation is 1. The first-order valence-electron chi connectivity index (χ1n) is 12.9. The first-order chi connectivity index (χ1) is 18.3. The standard InChI is InChI=1S/C29H31N7O2/c1-17(2)28(37)34-21-12-10-19(11-13-21)25-23(24-26(31)32-16-33-27(24)35(25)3)18-6-8-20(9-7-18)29(38)36-14-4-5-22(36)15-30/h6,10-13,16,20,22H,1,4-5,7-9,14H2,2-3H3,(H,34,37)(H2,31,32,33)/t20-,22+/m1/s1. The number of rotatable bonds is 5. The number of fused-ring (bicyclic) bond motifs is 1. The van der Waals surface area contributed by atoms with Crippen molar-refractivity contribution < 1.29 is 9.59 Å². The van der Waals surface area contributed by atoms with E-state index in [1.807, 2.05) is 35.9 Å². The summed E-state index contributed by atoms with van der Waals surface area (Å²) in [6.07, 6.45) is 7.25. The molecule has 5 rings (SSSR count). The molecule has 3 heterocycles. The van der Waals surface area contributed by atoms with Gasteiger partial charge in [0.25, 0.3) is 5.91 Å². The molecule has 38 heavy (non-hydrogen) atoms. The summed E-state index contributed by atoms with van der Waals surface area (Å²) in [6, 6.07) is 9.60. The van der Waals surface area contributed by atoms with E-state index >= 15 is 0 Å². The summed E-state index contributed by atoms with van der Waals surface area (Å²) in [7, 11) is 1.95. The van der Waals surface area contributed by atoms with Gasteiger partial charge in [0.05, 0.1) is 17.1 Å². The lowest BCUT2D eigenvalue weighted by atomic mass is 9.84. The molecular formula is C29H31N7O2. The van der Waals surface area contributed by atoms with Gasteiger partial charge in [0, 0.05) is 36.3 Å². The molecular weight excluding hydrogens is 478 g/mol. The van der Waals surface area contributed by atoms with Crippen LogP contribution in [0.5, 0.6) is 0 Å². The number of carbonyl (C=O) groups excluding carboxylic acids is 2. The average Bonchev–Trinajstić information content (AvgIpc) is 3.52. The maximum atomic E-state index is 13.2. The summed E-state index contributed by atoms with van der Waals surface area (Å²) in [5, 5.41) is 13.1. The van der Waals surface area contributed by atoms with Crippen LogP contribution in [0.15, 0.2) is 48.8 Å². The fourth-order valence-corrected chi connectivity index (χ4v) is 5.56. The fourth-order valence-electron chi connectivity index (χ4n) is 5.56. The zero-order valence-corrected chi connectivity index (χ0v) is 21.7. The molecule has 3 aromatic rings. The molecule has 3 N–H and O–H groups in total. The molecule has 0 spiro atoms. The van der Waals surface area contributed by atoms with Crippen LogP contribution in [0.4, 0.5) is 11.5 Å². The molecule has 2 amide bonds. The second kappa shape index (κ2) is 10.1. The molecule has 194 valence electrons. The minimum Gasteiger partial charge on any atom is -0.383 e. The Morgan fingerprint density at radius 2 is 1.97 bits per heavy atom. The third-order valence-corrected chi connectivity index (χ3v) is 7.57. The summed E-state index contributed by atoms with van der Waals surface area (Å²) >= 11 is 0. The van der Waals surface area contributed by atoms with Gasteiger partial charge in [-0.25, -0.2) is 9.97 Å². The number of nitrogens with one attached hydrogen (secondary N) is 1. The molecule has 1 aromatic carbocycles. The molecule has 2 aliphatic rings. The molecule has 1 fully saturated rings. The van der Waals surface area contributed by atoms with Crippen LogP contribution >= 0.6 is 0 Å². The largest absolute Gasteiger partial charge is 0.383 e. The number of likely N-dealkylation sites (tertiary alicyclic amines) is 1. The highest BCUT2D eigenvalue weighted by Crippen LogP contribution is 2.43. The number of nitriles is 1. The zero-order chi connectivity index (χ0) is 27.0. The first-order valence-corrected chi connectivity index (χ1v) is 12.9. The van der Waals surface area contributed by atoms with E-state index in [2.05, 4.69) is 34.0 Å². The predicted octanol–water partition coefficient (Wildman–Crippen LogP) is 4.43. The maximum Gasteiger partial charge on any atom is 0.250 e. The number of anilines is 2. The Hall–Kier alpha value is -4.45. The van der Waals surface area contributed by atoms with Crippen molar-refractivity contribution in [3.05, 3.63) is 54.4 Å². The van der Waals surface area contributed by atoms with Crippen molar-refractivity contribution >= 4 is 39.9 Å². The number of nitrogens with two attached hydrogens (primary N) is 1. The number of carbonyl (C=O) groups is 2. The highest BCUT2D eigenvalue weighted by molar-refractivity contribution is 6.05. The number of amides is 2. The normalized spacial score (nSPS) is 19.2. The lowest BCUT2D eigenvalue weighted by molar-refractivity contribution is -0.135. The summed E-state index contributed by atoms with van der Waals surface area (Å²) in [6.45, 7) is 6.01. The number of nitrogen functional groups attached to an aromatic ring is 1. The van der Waals surface area contributed by atoms with Crippen LogP contribution in [0, 0.1) is 17.2 Å². The molecule has 0 radical (unpaired) electrons. The number of nitrogens with zero attached hydrogens (tertiary/aromatic N) is 5. The Kier molecular flexibility index (Phi) is 6.72. The van der Waals surface area contributed by atoms with Gasteiger partial charge in [-0.3, -0.25) is 9.59 Å². The number of hydrogen-bond donors (Lipinski definition) is 2. The van der Waals surface area contributed by atoms with Crippen LogP contribution in [0.3, 0.4) is 0 Å². The van der Waals surface area contributed by atoms with E-state index in [9.17, 15) is 14.9 Å². The lowest BCUT2D eigenvalue weighted by Gasteiger charge is -2.28. The Bertz CT molecular complexity index is 1510. The van der Waals surface area contributed by atoms with Crippen molar-refractivity contribution in [1.29, 1.82) is 5.26 Å². The SMILES string of the molecule is C=C(C)C(=O)Nc1ccc(-c2c(C3=CC[C@@H](C(=O)N4CCC[C@H]4C#N)CC3)c3c(N)ncnc3n2C)cc1. The number of allylic oxidation sites excluding steroid dienone is 2. The van der Waals surface area contributed by atoms with Gasteiger partial charge in [0.2, 0.25) is 5.91 Å². The van der Waals surface area contributed by atoms with Gasteiger partial charge >= 0.3 is 0 Å². The van der Waals surface area contributed by atoms with Crippen LogP contribution < -0.4 is 11.1 Å². The summed E-state index contributed by atoms with van der Waals surface area (Å²) < 4.78 is 2.02. The molecule has 9 nitrogen and oxygen atoms in total. The quantitative estimate of drug-likeness (QED) is 0.490. The van der Waals surface area contributed by atoms with Crippen LogP contribution in [0.2, 0.25) is 0 Å². The molecule has 1 saturated heterocycles. The zero-order valence-electron chi connectivity index (χ0n) is 21.7. The van der Waals surface area contributed by atoms with Crippen LogP contribution in [-0.4, -0.2) is 43.8 Å². The minimum absolute atomic E-state index is 0.0812. The smallest absolute Gasteiger partial charge is 0.250 e. The van der Waals surface area contributed by atoms with E-state index in [-0.39, 0.29) is 23.8 Å². The highest BCUT2D eigenvalue weighted by Gasteiger charge is 2.34. The molecule has 2 atom stereocenters. The van der Waals surface area contributed by atoms with Crippen molar-refractivity contribution in [2.24, 2.45) is 13.0 Å². The van der Waals surface area contributed by atoms with Gasteiger partial charge in [-0.15, -0.1) is 0 Å². The average molecular weight is 510 g/mol. The Morgan fingerprint density at radius 3 is 2.63 bits per heavy atom. The van der Waals surface area contributed by atoms with Crippen LogP contribution in [0.25, 0.3) is 27.9 Å².